The molecule has 104 heavy (non-hydrogen) atoms. The average molecular weight is 1500 g/mol. The van der Waals surface area contributed by atoms with Crippen molar-refractivity contribution in [1.82, 2.24) is 0 Å². The number of carbonyl (C=O) groups is 4. The molecule has 3 N–H and O–H groups in total. The van der Waals surface area contributed by atoms with Crippen LogP contribution in [-0.2, 0) is 65.4 Å². The van der Waals surface area contributed by atoms with Crippen molar-refractivity contribution in [2.24, 2.45) is 0 Å². The Labute approximate surface area is 629 Å². The highest BCUT2D eigenvalue weighted by atomic mass is 31.2. The van der Waals surface area contributed by atoms with Gasteiger partial charge in [-0.25, -0.2) is 9.13 Å². The lowest BCUT2D eigenvalue weighted by Crippen LogP contribution is -2.30. The van der Waals surface area contributed by atoms with Gasteiger partial charge in [-0.3, -0.25) is 37.3 Å². The molecule has 0 aliphatic carbocycles. The first-order valence-corrected chi connectivity index (χ1v) is 42.7. The van der Waals surface area contributed by atoms with E-state index < -0.39 is 97.5 Å². The third kappa shape index (κ3) is 74.9. The summed E-state index contributed by atoms with van der Waals surface area (Å²) in [5.74, 6) is -2.35. The molecule has 17 nitrogen and oxygen atoms in total. The minimum absolute atomic E-state index is 0.0210. The van der Waals surface area contributed by atoms with Crippen LogP contribution in [0.15, 0.2) is 158 Å². The number of phosphoric acid groups is 2. The van der Waals surface area contributed by atoms with E-state index in [4.69, 9.17) is 37.0 Å². The van der Waals surface area contributed by atoms with Crippen LogP contribution in [0.2, 0.25) is 0 Å². The van der Waals surface area contributed by atoms with Crippen LogP contribution in [0.3, 0.4) is 0 Å². The van der Waals surface area contributed by atoms with Crippen LogP contribution in [0.25, 0.3) is 0 Å². The summed E-state index contributed by atoms with van der Waals surface area (Å²) in [7, 11) is -10.0. The molecule has 0 aliphatic heterocycles. The predicted octanol–water partition coefficient (Wildman–Crippen LogP) is 23.2. The van der Waals surface area contributed by atoms with E-state index in [1.54, 1.807) is 0 Å². The number of esters is 4. The topological polar surface area (TPSA) is 237 Å². The van der Waals surface area contributed by atoms with Crippen molar-refractivity contribution >= 4 is 39.5 Å². The highest BCUT2D eigenvalue weighted by molar-refractivity contribution is 7.47. The normalized spacial score (nSPS) is 14.7. The molecule has 5 atom stereocenters. The van der Waals surface area contributed by atoms with E-state index in [2.05, 4.69) is 167 Å². The number of unbranched alkanes of at least 4 members (excludes halogenated alkanes) is 21. The lowest BCUT2D eigenvalue weighted by molar-refractivity contribution is -0.161. The molecule has 0 radical (unpaired) electrons. The van der Waals surface area contributed by atoms with E-state index >= 15 is 0 Å². The fourth-order valence-electron chi connectivity index (χ4n) is 9.97. The Morgan fingerprint density at radius 3 is 0.875 bits per heavy atom. The molecule has 0 rings (SSSR count). The van der Waals surface area contributed by atoms with Crippen molar-refractivity contribution < 1.29 is 80.2 Å². The number of aliphatic hydroxyl groups is 1. The second-order valence-corrected chi connectivity index (χ2v) is 28.8. The molecule has 0 amide bonds. The zero-order valence-corrected chi connectivity index (χ0v) is 66.4. The van der Waals surface area contributed by atoms with Gasteiger partial charge in [0.1, 0.15) is 19.3 Å². The van der Waals surface area contributed by atoms with Crippen molar-refractivity contribution in [1.29, 1.82) is 0 Å². The van der Waals surface area contributed by atoms with Gasteiger partial charge in [-0.15, -0.1) is 0 Å². The number of allylic oxidation sites excluding steroid dienone is 26. The first-order chi connectivity index (χ1) is 50.7. The Hall–Kier alpha value is -5.32. The summed E-state index contributed by atoms with van der Waals surface area (Å²) < 4.78 is 68.4. The molecule has 0 aromatic heterocycles. The summed E-state index contributed by atoms with van der Waals surface area (Å²) in [5.41, 5.74) is 0. The Balaban J connectivity index is 5.49. The monoisotopic (exact) mass is 1490 g/mol. The van der Waals surface area contributed by atoms with E-state index in [0.717, 1.165) is 148 Å². The van der Waals surface area contributed by atoms with Crippen LogP contribution < -0.4 is 0 Å². The molecule has 0 saturated carbocycles. The first kappa shape index (κ1) is 98.7. The molecular formula is C85H140O17P2. The van der Waals surface area contributed by atoms with Gasteiger partial charge in [0.15, 0.2) is 12.2 Å². The van der Waals surface area contributed by atoms with Crippen molar-refractivity contribution in [2.75, 3.05) is 39.6 Å². The van der Waals surface area contributed by atoms with Gasteiger partial charge in [0.2, 0.25) is 0 Å². The summed E-state index contributed by atoms with van der Waals surface area (Å²) in [6.45, 7) is 4.45. The standard InChI is InChI=1S/C85H140O17P2/c1-5-9-13-17-21-25-29-33-37-38-39-40-44-46-50-54-58-62-66-70-83(88)96-76-81(102-85(90)72-68-64-60-56-52-48-43-36-32-28-24-20-16-12-8-4)78-100-104(93,94)98-74-79(86)73-97-103(91,92)99-77-80(101-84(89)71-67-63-59-55-51-47-42-35-31-27-23-19-15-11-7-3)75-95-82(87)69-65-61-57-53-49-45-41-34-30-26-22-18-14-10-6-2/h9,12-13,16,21-22,24-26,28,33-37,39-43,46,50,52,56,58,62,79-81,86H,5-8,10-11,14-15,17-20,23,27,29-32,38,44-45,47-49,51,53-55,57,59-61,63-78H2,1-4H3,(H,91,92)(H,93,94)/b13-9-,16-12-,25-21-,26-22-,28-24-,37-33-,40-39-,41-34-,42-35-,43-36-,50-46-,56-52-,62-58-. The predicted molar refractivity (Wildman–Crippen MR) is 427 cm³/mol. The molecule has 0 aromatic rings. The van der Waals surface area contributed by atoms with Gasteiger partial charge >= 0.3 is 39.5 Å². The minimum atomic E-state index is -5.01. The maximum Gasteiger partial charge on any atom is 0.472 e. The lowest BCUT2D eigenvalue weighted by atomic mass is 10.1. The van der Waals surface area contributed by atoms with Crippen molar-refractivity contribution in [3.05, 3.63) is 158 Å². The second-order valence-electron chi connectivity index (χ2n) is 25.9. The van der Waals surface area contributed by atoms with Gasteiger partial charge < -0.3 is 33.8 Å². The number of ether oxygens (including phenoxy) is 4. The molecule has 5 unspecified atom stereocenters. The fraction of sp³-hybridized carbons (Fsp3) is 0.647. The van der Waals surface area contributed by atoms with Crippen molar-refractivity contribution in [2.45, 2.75) is 316 Å². The zero-order chi connectivity index (χ0) is 76.0. The average Bonchev–Trinajstić information content (AvgIpc) is 0.918. The van der Waals surface area contributed by atoms with Gasteiger partial charge in [0.25, 0.3) is 0 Å². The van der Waals surface area contributed by atoms with Crippen LogP contribution >= 0.6 is 15.6 Å². The molecule has 0 fully saturated rings. The van der Waals surface area contributed by atoms with Crippen LogP contribution in [-0.4, -0.2) is 96.7 Å². The number of phosphoric ester groups is 2. The van der Waals surface area contributed by atoms with Crippen LogP contribution in [0, 0.1) is 0 Å². The third-order valence-electron chi connectivity index (χ3n) is 16.0. The maximum atomic E-state index is 13.1. The number of hydrogen-bond donors (Lipinski definition) is 3. The SMILES string of the molecule is CC/C=C\C/C=C\C/C=C\C/C=C\C/C=C\C/C=C\CCC(=O)OCC(COP(=O)(O)OCC(O)COP(=O)(O)OCC(COC(=O)CCCCCCC/C=C\C/C=C\CCCCC)OC(=O)CCCCCCC/C=C\CCCCCCCC)OC(=O)CCCC/C=C\C/C=C\C/C=C\C/C=C\CC. The zero-order valence-electron chi connectivity index (χ0n) is 64.6. The Morgan fingerprint density at radius 1 is 0.279 bits per heavy atom. The quantitative estimate of drug-likeness (QED) is 0.0169. The largest absolute Gasteiger partial charge is 0.472 e. The molecular weight excluding hydrogens is 1350 g/mol. The lowest BCUT2D eigenvalue weighted by Gasteiger charge is -2.21. The summed E-state index contributed by atoms with van der Waals surface area (Å²) in [6, 6.07) is 0. The summed E-state index contributed by atoms with van der Waals surface area (Å²) in [4.78, 5) is 73.0. The number of rotatable bonds is 73. The Kier molecular flexibility index (Phi) is 72.0. The summed E-state index contributed by atoms with van der Waals surface area (Å²) in [6.07, 6.45) is 88.1. The smallest absolute Gasteiger partial charge is 0.462 e. The molecule has 0 spiro atoms. The first-order valence-electron chi connectivity index (χ1n) is 39.7. The summed E-state index contributed by atoms with van der Waals surface area (Å²) >= 11 is 0. The number of aliphatic hydroxyl groups excluding tert-OH is 1. The maximum absolute atomic E-state index is 13.1. The number of carbonyl (C=O) groups excluding carboxylic acids is 4. The molecule has 592 valence electrons. The molecule has 0 aliphatic rings. The highest BCUT2D eigenvalue weighted by Crippen LogP contribution is 2.45. The van der Waals surface area contributed by atoms with Gasteiger partial charge in [-0.1, -0.05) is 269 Å². The van der Waals surface area contributed by atoms with E-state index in [1.807, 2.05) is 18.2 Å². The van der Waals surface area contributed by atoms with E-state index in [1.165, 1.54) is 57.8 Å². The highest BCUT2D eigenvalue weighted by Gasteiger charge is 2.30. The van der Waals surface area contributed by atoms with E-state index in [9.17, 15) is 43.2 Å². The van der Waals surface area contributed by atoms with Gasteiger partial charge in [-0.05, 0) is 161 Å². The molecule has 0 saturated heterocycles. The number of hydrogen-bond acceptors (Lipinski definition) is 15. The van der Waals surface area contributed by atoms with Gasteiger partial charge in [0.05, 0.1) is 26.4 Å². The van der Waals surface area contributed by atoms with Crippen LogP contribution in [0.1, 0.15) is 297 Å². The molecule has 0 heterocycles. The van der Waals surface area contributed by atoms with Crippen molar-refractivity contribution in [3.63, 3.8) is 0 Å². The molecule has 19 heteroatoms. The minimum Gasteiger partial charge on any atom is -0.462 e. The summed E-state index contributed by atoms with van der Waals surface area (Å²) in [5, 5.41) is 10.6. The third-order valence-corrected chi connectivity index (χ3v) is 17.9. The molecule has 0 aromatic carbocycles. The van der Waals surface area contributed by atoms with Crippen LogP contribution in [0.5, 0.6) is 0 Å². The Morgan fingerprint density at radius 2 is 0.519 bits per heavy atom. The second kappa shape index (κ2) is 75.9. The Bertz CT molecular complexity index is 2590. The van der Waals surface area contributed by atoms with Crippen molar-refractivity contribution in [3.8, 4) is 0 Å². The van der Waals surface area contributed by atoms with Gasteiger partial charge in [-0.2, -0.15) is 0 Å². The van der Waals surface area contributed by atoms with Gasteiger partial charge in [0, 0.05) is 25.7 Å². The van der Waals surface area contributed by atoms with E-state index in [-0.39, 0.29) is 25.7 Å². The van der Waals surface area contributed by atoms with Crippen LogP contribution in [0.4, 0.5) is 0 Å². The fourth-order valence-corrected chi connectivity index (χ4v) is 11.5. The van der Waals surface area contributed by atoms with E-state index in [0.29, 0.717) is 38.5 Å². The molecule has 0 bridgehead atoms.